The van der Waals surface area contributed by atoms with Gasteiger partial charge in [0.05, 0.1) is 13.2 Å². The molecular weight excluding hydrogens is 230 g/mol. The van der Waals surface area contributed by atoms with Crippen LogP contribution in [0.25, 0.3) is 0 Å². The van der Waals surface area contributed by atoms with Crippen LogP contribution in [0.4, 0.5) is 0 Å². The molecule has 0 bridgehead atoms. The van der Waals surface area contributed by atoms with Gasteiger partial charge < -0.3 is 4.74 Å². The Labute approximate surface area is 94.0 Å². The van der Waals surface area contributed by atoms with E-state index < -0.39 is 10.2 Å². The lowest BCUT2D eigenvalue weighted by molar-refractivity contribution is 0.167. The van der Waals surface area contributed by atoms with Gasteiger partial charge in [0.2, 0.25) is 0 Å². The monoisotopic (exact) mass is 243 g/mol. The maximum absolute atomic E-state index is 12.1. The highest BCUT2D eigenvalue weighted by Crippen LogP contribution is 2.30. The topological polar surface area (TPSA) is 64.4 Å². The molecule has 0 N–H and O–H groups in total. The molecule has 2 fully saturated rings. The maximum atomic E-state index is 12.1. The predicted molar refractivity (Wildman–Crippen MR) is 55.9 cm³/mol. The number of imidazole rings is 1. The number of hydrogen-bond donors (Lipinski definition) is 0. The normalized spacial score (nSPS) is 30.8. The molecule has 88 valence electrons. The van der Waals surface area contributed by atoms with Crippen molar-refractivity contribution < 1.29 is 13.2 Å². The zero-order valence-corrected chi connectivity index (χ0v) is 9.51. The van der Waals surface area contributed by atoms with Gasteiger partial charge in [0.15, 0.2) is 0 Å². The lowest BCUT2D eigenvalue weighted by Crippen LogP contribution is -2.34. The molecule has 3 heterocycles. The second kappa shape index (κ2) is 3.54. The summed E-state index contributed by atoms with van der Waals surface area (Å²) in [5.41, 5.74) is 0. The highest BCUT2D eigenvalue weighted by molar-refractivity contribution is 7.87. The van der Waals surface area contributed by atoms with Crippen LogP contribution >= 0.6 is 0 Å². The van der Waals surface area contributed by atoms with Gasteiger partial charge in [-0.3, -0.25) is 0 Å². The Kier molecular flexibility index (Phi) is 2.27. The lowest BCUT2D eigenvalue weighted by Gasteiger charge is -2.17. The summed E-state index contributed by atoms with van der Waals surface area (Å²) in [6.07, 6.45) is 4.25. The molecule has 0 amide bonds. The van der Waals surface area contributed by atoms with Gasteiger partial charge in [-0.15, -0.1) is 0 Å². The number of ether oxygens (including phenoxy) is 1. The van der Waals surface area contributed by atoms with Crippen molar-refractivity contribution in [3.05, 3.63) is 18.7 Å². The number of fused-ring (bicyclic) bond motifs is 1. The highest BCUT2D eigenvalue weighted by atomic mass is 32.2. The number of rotatable bonds is 2. The Morgan fingerprint density at radius 3 is 2.50 bits per heavy atom. The van der Waals surface area contributed by atoms with E-state index in [1.807, 2.05) is 0 Å². The number of hydrogen-bond acceptors (Lipinski definition) is 4. The first kappa shape index (κ1) is 10.2. The van der Waals surface area contributed by atoms with Crippen LogP contribution in [0.1, 0.15) is 0 Å². The zero-order valence-electron chi connectivity index (χ0n) is 8.69. The van der Waals surface area contributed by atoms with E-state index in [0.29, 0.717) is 38.1 Å². The summed E-state index contributed by atoms with van der Waals surface area (Å²) < 4.78 is 32.3. The summed E-state index contributed by atoms with van der Waals surface area (Å²) in [4.78, 5) is 3.76. The Balaban J connectivity index is 1.85. The van der Waals surface area contributed by atoms with Gasteiger partial charge in [-0.25, -0.2) is 8.96 Å². The molecule has 2 atom stereocenters. The first-order valence-electron chi connectivity index (χ1n) is 5.24. The van der Waals surface area contributed by atoms with Crippen LogP contribution in [0.5, 0.6) is 0 Å². The quantitative estimate of drug-likeness (QED) is 0.706. The minimum Gasteiger partial charge on any atom is -0.381 e. The highest BCUT2D eigenvalue weighted by Gasteiger charge is 2.42. The third-order valence-corrected chi connectivity index (χ3v) is 4.98. The van der Waals surface area contributed by atoms with Gasteiger partial charge >= 0.3 is 10.2 Å². The van der Waals surface area contributed by atoms with E-state index in [0.717, 1.165) is 3.97 Å². The molecule has 0 saturated carbocycles. The van der Waals surface area contributed by atoms with Crippen LogP contribution < -0.4 is 0 Å². The molecule has 0 aromatic carbocycles. The van der Waals surface area contributed by atoms with Crippen molar-refractivity contribution in [3.8, 4) is 0 Å². The molecule has 7 heteroatoms. The van der Waals surface area contributed by atoms with E-state index in [2.05, 4.69) is 4.98 Å². The fourth-order valence-corrected chi connectivity index (χ4v) is 3.76. The summed E-state index contributed by atoms with van der Waals surface area (Å²) in [5.74, 6) is 0.719. The van der Waals surface area contributed by atoms with Gasteiger partial charge in [0, 0.05) is 37.3 Å². The van der Waals surface area contributed by atoms with E-state index >= 15 is 0 Å². The molecule has 0 aliphatic carbocycles. The van der Waals surface area contributed by atoms with Crippen molar-refractivity contribution >= 4 is 10.2 Å². The van der Waals surface area contributed by atoms with Crippen molar-refractivity contribution in [2.24, 2.45) is 11.8 Å². The first-order valence-corrected chi connectivity index (χ1v) is 6.64. The molecule has 16 heavy (non-hydrogen) atoms. The van der Waals surface area contributed by atoms with E-state index in [-0.39, 0.29) is 0 Å². The largest absolute Gasteiger partial charge is 0.381 e. The molecule has 3 rings (SSSR count). The summed E-state index contributed by atoms with van der Waals surface area (Å²) in [5, 5.41) is 0. The van der Waals surface area contributed by atoms with Gasteiger partial charge in [0.25, 0.3) is 0 Å². The minimum absolute atomic E-state index is 0.360. The Morgan fingerprint density at radius 1 is 1.25 bits per heavy atom. The molecule has 1 aromatic heterocycles. The van der Waals surface area contributed by atoms with E-state index in [4.69, 9.17) is 4.74 Å². The molecule has 2 saturated heterocycles. The van der Waals surface area contributed by atoms with Crippen LogP contribution in [0.3, 0.4) is 0 Å². The van der Waals surface area contributed by atoms with Crippen molar-refractivity contribution in [3.63, 3.8) is 0 Å². The molecular formula is C9H13N3O3S. The minimum atomic E-state index is -3.41. The zero-order chi connectivity index (χ0) is 11.2. The molecule has 2 aliphatic heterocycles. The molecule has 6 nitrogen and oxygen atoms in total. The van der Waals surface area contributed by atoms with Crippen molar-refractivity contribution in [2.75, 3.05) is 26.3 Å². The van der Waals surface area contributed by atoms with E-state index in [9.17, 15) is 8.42 Å². The van der Waals surface area contributed by atoms with Crippen molar-refractivity contribution in [1.82, 2.24) is 13.3 Å². The van der Waals surface area contributed by atoms with Crippen molar-refractivity contribution in [2.45, 2.75) is 0 Å². The molecule has 1 aromatic rings. The summed E-state index contributed by atoms with van der Waals surface area (Å²) in [6.45, 7) is 2.48. The third-order valence-electron chi connectivity index (χ3n) is 3.28. The third kappa shape index (κ3) is 1.47. The average Bonchev–Trinajstić information content (AvgIpc) is 2.94. The molecule has 2 aliphatic rings. The summed E-state index contributed by atoms with van der Waals surface area (Å²) in [6, 6.07) is 0. The summed E-state index contributed by atoms with van der Waals surface area (Å²) in [7, 11) is -3.41. The first-order chi connectivity index (χ1) is 7.68. The summed E-state index contributed by atoms with van der Waals surface area (Å²) >= 11 is 0. The fraction of sp³-hybridized carbons (Fsp3) is 0.667. The average molecular weight is 243 g/mol. The predicted octanol–water partition coefficient (Wildman–Crippen LogP) is -0.446. The standard InChI is InChI=1S/C9H13N3O3S/c13-16(14,11-2-1-10-7-11)12-3-8-5-15-6-9(8)4-12/h1-2,7-9H,3-6H2. The smallest absolute Gasteiger partial charge is 0.308 e. The second-order valence-electron chi connectivity index (χ2n) is 4.27. The second-order valence-corrected chi connectivity index (χ2v) is 6.11. The van der Waals surface area contributed by atoms with Crippen LogP contribution in [0.2, 0.25) is 0 Å². The Bertz CT molecular complexity index is 458. The fourth-order valence-electron chi connectivity index (χ4n) is 2.35. The molecule has 0 radical (unpaired) electrons. The van der Waals surface area contributed by atoms with Gasteiger partial charge in [0.1, 0.15) is 6.33 Å². The van der Waals surface area contributed by atoms with E-state index in [1.54, 1.807) is 0 Å². The molecule has 0 spiro atoms. The number of nitrogens with zero attached hydrogens (tertiary/aromatic N) is 3. The van der Waals surface area contributed by atoms with Gasteiger partial charge in [-0.2, -0.15) is 12.7 Å². The van der Waals surface area contributed by atoms with Gasteiger partial charge in [-0.05, 0) is 0 Å². The molecule has 2 unspecified atom stereocenters. The van der Waals surface area contributed by atoms with Crippen LogP contribution in [-0.4, -0.2) is 48.0 Å². The van der Waals surface area contributed by atoms with Gasteiger partial charge in [-0.1, -0.05) is 0 Å². The maximum Gasteiger partial charge on any atom is 0.308 e. The van der Waals surface area contributed by atoms with Crippen LogP contribution in [0.15, 0.2) is 18.7 Å². The lowest BCUT2D eigenvalue weighted by atomic mass is 10.0. The Hall–Kier alpha value is -0.920. The Morgan fingerprint density at radius 2 is 1.94 bits per heavy atom. The van der Waals surface area contributed by atoms with Crippen LogP contribution in [-0.2, 0) is 14.9 Å². The van der Waals surface area contributed by atoms with Crippen molar-refractivity contribution in [1.29, 1.82) is 0 Å². The van der Waals surface area contributed by atoms with E-state index in [1.165, 1.54) is 23.0 Å². The number of aromatic nitrogens is 2. The van der Waals surface area contributed by atoms with Crippen LogP contribution in [0, 0.1) is 11.8 Å². The SMILES string of the molecule is O=S(=O)(N1CC2COCC2C1)n1ccnc1.